The van der Waals surface area contributed by atoms with Crippen molar-refractivity contribution in [3.63, 3.8) is 0 Å². The molecule has 0 bridgehead atoms. The fourth-order valence-electron chi connectivity index (χ4n) is 5.06. The maximum atomic E-state index is 13.5. The van der Waals surface area contributed by atoms with Crippen LogP contribution in [0.1, 0.15) is 78.3 Å². The lowest BCUT2D eigenvalue weighted by Gasteiger charge is -2.31. The predicted molar refractivity (Wildman–Crippen MR) is 167 cm³/mol. The van der Waals surface area contributed by atoms with Gasteiger partial charge in [-0.2, -0.15) is 0 Å². The summed E-state index contributed by atoms with van der Waals surface area (Å²) in [7, 11) is 3.47. The number of ether oxygens (including phenoxy) is 2. The van der Waals surface area contributed by atoms with Crippen molar-refractivity contribution in [3.8, 4) is 0 Å². The standard InChI is InChI=1S/C32H48N6O6/c1-31(2,3)44-30(42)36-32(4,5)29(41)34-24(20-43-19-22-14-10-8-11-15-22)27(39)35-25-18-38(21-33-25)26(28(40)37(6)7)23-16-12-9-13-17-23/h8,10-11,14-15,18,21,23-24,26H,9,12-13,16-17,19-20H2,1-7H3,(H,34,41)(H,35,39)(H,36,42). The number of aromatic nitrogens is 2. The first-order valence-corrected chi connectivity index (χ1v) is 15.2. The number of rotatable bonds is 12. The van der Waals surface area contributed by atoms with Crippen LogP contribution in [-0.2, 0) is 30.5 Å². The van der Waals surface area contributed by atoms with E-state index in [1.807, 2.05) is 30.3 Å². The number of nitrogens with one attached hydrogen (secondary N) is 3. The van der Waals surface area contributed by atoms with Crippen LogP contribution < -0.4 is 16.0 Å². The van der Waals surface area contributed by atoms with E-state index in [0.717, 1.165) is 37.7 Å². The van der Waals surface area contributed by atoms with E-state index >= 15 is 0 Å². The molecule has 2 unspecified atom stereocenters. The molecule has 1 aliphatic rings. The van der Waals surface area contributed by atoms with Crippen LogP contribution in [0.5, 0.6) is 0 Å². The van der Waals surface area contributed by atoms with Gasteiger partial charge >= 0.3 is 6.09 Å². The minimum atomic E-state index is -1.40. The number of hydrogen-bond donors (Lipinski definition) is 3. The largest absolute Gasteiger partial charge is 0.444 e. The van der Waals surface area contributed by atoms with Gasteiger partial charge in [0, 0.05) is 20.3 Å². The van der Waals surface area contributed by atoms with Crippen molar-refractivity contribution in [2.75, 3.05) is 26.0 Å². The first-order chi connectivity index (χ1) is 20.7. The quantitative estimate of drug-likeness (QED) is 0.328. The van der Waals surface area contributed by atoms with Crippen LogP contribution in [0.3, 0.4) is 0 Å². The van der Waals surface area contributed by atoms with Crippen molar-refractivity contribution in [2.45, 2.75) is 96.6 Å². The first-order valence-electron chi connectivity index (χ1n) is 15.2. The van der Waals surface area contributed by atoms with Crippen LogP contribution in [-0.4, -0.2) is 76.1 Å². The highest BCUT2D eigenvalue weighted by Crippen LogP contribution is 2.34. The molecule has 242 valence electrons. The number of anilines is 1. The van der Waals surface area contributed by atoms with Gasteiger partial charge in [-0.1, -0.05) is 49.6 Å². The molecule has 3 N–H and O–H groups in total. The minimum Gasteiger partial charge on any atom is -0.444 e. The van der Waals surface area contributed by atoms with Crippen molar-refractivity contribution in [1.29, 1.82) is 0 Å². The van der Waals surface area contributed by atoms with Gasteiger partial charge in [-0.05, 0) is 58.9 Å². The highest BCUT2D eigenvalue weighted by atomic mass is 16.6. The van der Waals surface area contributed by atoms with Crippen molar-refractivity contribution in [2.24, 2.45) is 5.92 Å². The highest BCUT2D eigenvalue weighted by molar-refractivity contribution is 5.98. The summed E-state index contributed by atoms with van der Waals surface area (Å²) in [5.41, 5.74) is -1.24. The summed E-state index contributed by atoms with van der Waals surface area (Å²) in [6.07, 6.45) is 7.65. The van der Waals surface area contributed by atoms with Gasteiger partial charge < -0.3 is 34.9 Å². The zero-order chi connectivity index (χ0) is 32.5. The lowest BCUT2D eigenvalue weighted by molar-refractivity contribution is -0.134. The summed E-state index contributed by atoms with van der Waals surface area (Å²) >= 11 is 0. The van der Waals surface area contributed by atoms with E-state index in [4.69, 9.17) is 9.47 Å². The molecule has 1 fully saturated rings. The maximum Gasteiger partial charge on any atom is 0.408 e. The average molecular weight is 613 g/mol. The van der Waals surface area contributed by atoms with E-state index in [2.05, 4.69) is 20.9 Å². The third-order valence-corrected chi connectivity index (χ3v) is 7.36. The SMILES string of the molecule is CN(C)C(=O)C(C1CCCCC1)n1cnc(NC(=O)C(COCc2ccccc2)NC(=O)C(C)(C)NC(=O)OC(C)(C)C)c1. The van der Waals surface area contributed by atoms with E-state index in [0.29, 0.717) is 0 Å². The lowest BCUT2D eigenvalue weighted by atomic mass is 9.83. The molecule has 2 aromatic rings. The third kappa shape index (κ3) is 10.4. The Bertz CT molecular complexity index is 1260. The number of alkyl carbamates (subject to hydrolysis) is 1. The van der Waals surface area contributed by atoms with E-state index in [-0.39, 0.29) is 30.9 Å². The van der Waals surface area contributed by atoms with Crippen molar-refractivity contribution >= 4 is 29.6 Å². The molecule has 0 saturated heterocycles. The van der Waals surface area contributed by atoms with E-state index in [1.54, 1.807) is 56.9 Å². The third-order valence-electron chi connectivity index (χ3n) is 7.36. The van der Waals surface area contributed by atoms with Gasteiger partial charge in [0.1, 0.15) is 23.2 Å². The Morgan fingerprint density at radius 2 is 1.68 bits per heavy atom. The molecule has 12 heteroatoms. The Hall–Kier alpha value is -3.93. The molecule has 1 saturated carbocycles. The lowest BCUT2D eigenvalue weighted by Crippen LogP contribution is -2.59. The van der Waals surface area contributed by atoms with Crippen LogP contribution in [0.4, 0.5) is 10.6 Å². The second kappa shape index (κ2) is 15.2. The molecule has 0 spiro atoms. The van der Waals surface area contributed by atoms with Crippen molar-refractivity contribution in [3.05, 3.63) is 48.4 Å². The second-order valence-corrected chi connectivity index (χ2v) is 13.0. The van der Waals surface area contributed by atoms with E-state index in [1.165, 1.54) is 13.8 Å². The summed E-state index contributed by atoms with van der Waals surface area (Å²) < 4.78 is 12.9. The Morgan fingerprint density at radius 3 is 2.30 bits per heavy atom. The molecule has 0 aliphatic heterocycles. The molecular weight excluding hydrogens is 564 g/mol. The first kappa shape index (κ1) is 34.6. The second-order valence-electron chi connectivity index (χ2n) is 13.0. The summed E-state index contributed by atoms with van der Waals surface area (Å²) in [5, 5.41) is 8.03. The number of hydrogen-bond acceptors (Lipinski definition) is 7. The normalized spacial score (nSPS) is 15.5. The molecule has 12 nitrogen and oxygen atoms in total. The van der Waals surface area contributed by atoms with Gasteiger partial charge in [0.25, 0.3) is 5.91 Å². The van der Waals surface area contributed by atoms with Crippen molar-refractivity contribution < 1.29 is 28.7 Å². The molecule has 44 heavy (non-hydrogen) atoms. The van der Waals surface area contributed by atoms with Crippen LogP contribution in [0, 0.1) is 5.92 Å². The van der Waals surface area contributed by atoms with Gasteiger partial charge in [-0.3, -0.25) is 14.4 Å². The number of carbonyl (C=O) groups excluding carboxylic acids is 4. The summed E-state index contributed by atoms with van der Waals surface area (Å²) in [5.74, 6) is -0.763. The van der Waals surface area contributed by atoms with Gasteiger partial charge in [0.2, 0.25) is 11.8 Å². The van der Waals surface area contributed by atoms with Crippen molar-refractivity contribution in [1.82, 2.24) is 25.1 Å². The van der Waals surface area contributed by atoms with Crippen LogP contribution in [0.25, 0.3) is 0 Å². The molecule has 4 amide bonds. The molecule has 3 rings (SSSR count). The fourth-order valence-corrected chi connectivity index (χ4v) is 5.06. The zero-order valence-electron chi connectivity index (χ0n) is 27.0. The minimum absolute atomic E-state index is 0.0219. The highest BCUT2D eigenvalue weighted by Gasteiger charge is 2.35. The summed E-state index contributed by atoms with van der Waals surface area (Å²) in [6.45, 7) is 8.28. The maximum absolute atomic E-state index is 13.5. The predicted octanol–water partition coefficient (Wildman–Crippen LogP) is 4.04. The van der Waals surface area contributed by atoms with Gasteiger partial charge in [-0.25, -0.2) is 9.78 Å². The molecule has 1 aromatic carbocycles. The number of carbonyl (C=O) groups is 4. The van der Waals surface area contributed by atoms with Crippen LogP contribution in [0.2, 0.25) is 0 Å². The van der Waals surface area contributed by atoms with Gasteiger partial charge in [0.05, 0.1) is 19.5 Å². The number of imidazole rings is 1. The Balaban J connectivity index is 1.75. The molecule has 1 aromatic heterocycles. The van der Waals surface area contributed by atoms with Crippen LogP contribution >= 0.6 is 0 Å². The Morgan fingerprint density at radius 1 is 1.02 bits per heavy atom. The topological polar surface area (TPSA) is 144 Å². The average Bonchev–Trinajstić information content (AvgIpc) is 3.39. The number of likely N-dealkylation sites (N-methyl/N-ethyl adjacent to an activating group) is 1. The molecule has 0 radical (unpaired) electrons. The monoisotopic (exact) mass is 612 g/mol. The zero-order valence-corrected chi connectivity index (χ0v) is 27.0. The number of benzene rings is 1. The van der Waals surface area contributed by atoms with Gasteiger partial charge in [-0.15, -0.1) is 0 Å². The van der Waals surface area contributed by atoms with Crippen LogP contribution in [0.15, 0.2) is 42.9 Å². The van der Waals surface area contributed by atoms with E-state index in [9.17, 15) is 19.2 Å². The smallest absolute Gasteiger partial charge is 0.408 e. The fraction of sp³-hybridized carbons (Fsp3) is 0.594. The number of nitrogens with zero attached hydrogens (tertiary/aromatic N) is 3. The molecular formula is C32H48N6O6. The number of amides is 4. The Labute approximate surface area is 260 Å². The van der Waals surface area contributed by atoms with E-state index < -0.39 is 41.1 Å². The Kier molecular flexibility index (Phi) is 11.9. The molecule has 2 atom stereocenters. The summed E-state index contributed by atoms with van der Waals surface area (Å²) in [6, 6.07) is 7.91. The van der Waals surface area contributed by atoms with Gasteiger partial charge in [0.15, 0.2) is 5.82 Å². The molecule has 1 aliphatic carbocycles. The molecule has 1 heterocycles. The summed E-state index contributed by atoms with van der Waals surface area (Å²) in [4.78, 5) is 58.3.